The first-order chi connectivity index (χ1) is 14.8. The van der Waals surface area contributed by atoms with Gasteiger partial charge in [0, 0.05) is 31.1 Å². The number of nitro benzene ring substituents is 1. The number of hydrogen-bond acceptors (Lipinski definition) is 8. The molecule has 0 aliphatic rings. The molecule has 2 aromatic heterocycles. The Balaban J connectivity index is 1.69. The minimum atomic E-state index is -0.526. The van der Waals surface area contributed by atoms with Gasteiger partial charge in [-0.05, 0) is 71.4 Å². The number of carbonyl (C=O) groups excluding carboxylic acids is 1. The van der Waals surface area contributed by atoms with Crippen LogP contribution in [0.3, 0.4) is 0 Å². The van der Waals surface area contributed by atoms with Gasteiger partial charge in [0.1, 0.15) is 0 Å². The van der Waals surface area contributed by atoms with Crippen LogP contribution in [0.2, 0.25) is 0 Å². The number of imidazole rings is 1. The summed E-state index contributed by atoms with van der Waals surface area (Å²) in [7, 11) is 1.69. The maximum absolute atomic E-state index is 12.7. The minimum absolute atomic E-state index is 0.180. The maximum atomic E-state index is 12.7. The molecule has 0 aliphatic carbocycles. The molecule has 11 heteroatoms. The highest BCUT2D eigenvalue weighted by atomic mass is 32.2. The van der Waals surface area contributed by atoms with Gasteiger partial charge in [0.05, 0.1) is 15.5 Å². The van der Waals surface area contributed by atoms with Gasteiger partial charge in [-0.1, -0.05) is 6.07 Å². The lowest BCUT2D eigenvalue weighted by molar-refractivity contribution is -0.387. The largest absolute Gasteiger partial charge is 0.331 e. The molecule has 0 spiro atoms. The van der Waals surface area contributed by atoms with Gasteiger partial charge in [0.2, 0.25) is 10.9 Å². The van der Waals surface area contributed by atoms with E-state index >= 15 is 0 Å². The van der Waals surface area contributed by atoms with Gasteiger partial charge in [0.15, 0.2) is 5.82 Å². The van der Waals surface area contributed by atoms with Crippen molar-refractivity contribution >= 4 is 23.2 Å². The van der Waals surface area contributed by atoms with E-state index in [-0.39, 0.29) is 17.1 Å². The first kappa shape index (κ1) is 20.4. The molecule has 0 aliphatic heterocycles. The summed E-state index contributed by atoms with van der Waals surface area (Å²) in [6.45, 7) is 3.99. The average Bonchev–Trinajstić information content (AvgIpc) is 3.38. The van der Waals surface area contributed by atoms with Crippen molar-refractivity contribution in [3.05, 3.63) is 81.4 Å². The van der Waals surface area contributed by atoms with Crippen molar-refractivity contribution in [1.29, 1.82) is 0 Å². The molecule has 10 nitrogen and oxygen atoms in total. The van der Waals surface area contributed by atoms with Crippen molar-refractivity contribution in [2.24, 2.45) is 7.05 Å². The monoisotopic (exact) mass is 435 g/mol. The predicted molar refractivity (Wildman–Crippen MR) is 112 cm³/mol. The Bertz CT molecular complexity index is 1310. The molecular formula is C20H17N7O3S. The van der Waals surface area contributed by atoms with Gasteiger partial charge < -0.3 is 4.57 Å². The fourth-order valence-corrected chi connectivity index (χ4v) is 3.84. The fourth-order valence-electron chi connectivity index (χ4n) is 2.96. The van der Waals surface area contributed by atoms with E-state index in [4.69, 9.17) is 0 Å². The molecule has 2 heterocycles. The second kappa shape index (κ2) is 8.11. The second-order valence-electron chi connectivity index (χ2n) is 6.87. The molecule has 0 radical (unpaired) electrons. The lowest BCUT2D eigenvalue weighted by Crippen LogP contribution is -2.09. The topological polar surface area (TPSA) is 122 Å². The van der Waals surface area contributed by atoms with E-state index in [1.807, 2.05) is 32.0 Å². The van der Waals surface area contributed by atoms with Crippen molar-refractivity contribution < 1.29 is 9.72 Å². The molecule has 2 aromatic carbocycles. The maximum Gasteiger partial charge on any atom is 0.284 e. The molecule has 0 bridgehead atoms. The van der Waals surface area contributed by atoms with Crippen LogP contribution in [0.5, 0.6) is 0 Å². The summed E-state index contributed by atoms with van der Waals surface area (Å²) >= 11 is 1.05. The zero-order valence-electron chi connectivity index (χ0n) is 16.9. The molecule has 0 atom stereocenters. The summed E-state index contributed by atoms with van der Waals surface area (Å²) < 4.78 is 3.09. The van der Waals surface area contributed by atoms with Gasteiger partial charge in [-0.3, -0.25) is 14.9 Å². The summed E-state index contributed by atoms with van der Waals surface area (Å²) in [5.74, 6) is -0.194. The van der Waals surface area contributed by atoms with E-state index in [0.29, 0.717) is 10.1 Å². The average molecular weight is 435 g/mol. The number of carbonyl (C=O) groups is 1. The standard InChI is InChI=1S/C20H17N7O3S/c1-12-4-6-15(10-13(12)2)26-20(22-23-24-26)31-17-7-5-14(11-16(17)27(29)30)18(28)19-21-8-9-25(19)3/h4-11H,1-3H3. The molecule has 0 saturated heterocycles. The third kappa shape index (κ3) is 3.94. The Morgan fingerprint density at radius 1 is 1.13 bits per heavy atom. The summed E-state index contributed by atoms with van der Waals surface area (Å²) in [5, 5.41) is 23.8. The number of tetrazole rings is 1. The number of nitrogens with zero attached hydrogens (tertiary/aromatic N) is 7. The number of aryl methyl sites for hydroxylation is 3. The SMILES string of the molecule is Cc1ccc(-n2nnnc2Sc2ccc(C(=O)c3nccn3C)cc2[N+](=O)[O-])cc1C. The fraction of sp³-hybridized carbons (Fsp3) is 0.150. The highest BCUT2D eigenvalue weighted by molar-refractivity contribution is 7.99. The number of nitro groups is 1. The molecule has 31 heavy (non-hydrogen) atoms. The highest BCUT2D eigenvalue weighted by Gasteiger charge is 2.23. The molecule has 4 aromatic rings. The Morgan fingerprint density at radius 2 is 1.94 bits per heavy atom. The second-order valence-corrected chi connectivity index (χ2v) is 7.88. The molecule has 0 N–H and O–H groups in total. The van der Waals surface area contributed by atoms with E-state index in [9.17, 15) is 14.9 Å². The van der Waals surface area contributed by atoms with E-state index in [0.717, 1.165) is 28.6 Å². The Morgan fingerprint density at radius 3 is 2.61 bits per heavy atom. The van der Waals surface area contributed by atoms with Gasteiger partial charge in [0.25, 0.3) is 5.69 Å². The van der Waals surface area contributed by atoms with E-state index in [1.165, 1.54) is 29.1 Å². The normalized spacial score (nSPS) is 10.9. The van der Waals surface area contributed by atoms with E-state index in [2.05, 4.69) is 20.5 Å². The van der Waals surface area contributed by atoms with E-state index < -0.39 is 10.7 Å². The van der Waals surface area contributed by atoms with Crippen LogP contribution in [-0.4, -0.2) is 40.5 Å². The number of rotatable bonds is 6. The molecule has 156 valence electrons. The van der Waals surface area contributed by atoms with Gasteiger partial charge in [-0.25, -0.2) is 4.98 Å². The molecule has 0 saturated carbocycles. The van der Waals surface area contributed by atoms with Crippen molar-refractivity contribution in [1.82, 2.24) is 29.8 Å². The zero-order chi connectivity index (χ0) is 22.1. The predicted octanol–water partition coefficient (Wildman–Crippen LogP) is 3.30. The van der Waals surface area contributed by atoms with Crippen molar-refractivity contribution in [2.75, 3.05) is 0 Å². The molecule has 0 amide bonds. The molecule has 4 rings (SSSR count). The molecule has 0 fully saturated rings. The quantitative estimate of drug-likeness (QED) is 0.257. The molecular weight excluding hydrogens is 418 g/mol. The summed E-state index contributed by atoms with van der Waals surface area (Å²) in [6.07, 6.45) is 3.14. The van der Waals surface area contributed by atoms with Crippen LogP contribution in [0.1, 0.15) is 27.3 Å². The van der Waals surface area contributed by atoms with Crippen molar-refractivity contribution in [3.8, 4) is 5.69 Å². The third-order valence-corrected chi connectivity index (χ3v) is 5.82. The number of hydrogen-bond donors (Lipinski definition) is 0. The van der Waals surface area contributed by atoms with Crippen LogP contribution in [0.25, 0.3) is 5.69 Å². The first-order valence-corrected chi connectivity index (χ1v) is 10.0. The summed E-state index contributed by atoms with van der Waals surface area (Å²) in [6, 6.07) is 10.1. The molecule has 0 unspecified atom stereocenters. The minimum Gasteiger partial charge on any atom is -0.331 e. The summed E-state index contributed by atoms with van der Waals surface area (Å²) in [4.78, 5) is 28.2. The van der Waals surface area contributed by atoms with Gasteiger partial charge in [-0.15, -0.1) is 5.10 Å². The van der Waals surface area contributed by atoms with Gasteiger partial charge >= 0.3 is 0 Å². The van der Waals surface area contributed by atoms with Crippen LogP contribution >= 0.6 is 11.8 Å². The Hall–Kier alpha value is -3.86. The van der Waals surface area contributed by atoms with Crippen LogP contribution in [0.4, 0.5) is 5.69 Å². The van der Waals surface area contributed by atoms with Crippen LogP contribution in [-0.2, 0) is 7.05 Å². The van der Waals surface area contributed by atoms with Crippen molar-refractivity contribution in [2.45, 2.75) is 23.9 Å². The number of ketones is 1. The number of benzene rings is 2. The lowest BCUT2D eigenvalue weighted by atomic mass is 10.1. The van der Waals surface area contributed by atoms with E-state index in [1.54, 1.807) is 17.8 Å². The van der Waals surface area contributed by atoms with Crippen LogP contribution in [0.15, 0.2) is 58.8 Å². The van der Waals surface area contributed by atoms with Gasteiger partial charge in [-0.2, -0.15) is 4.68 Å². The van der Waals surface area contributed by atoms with Crippen LogP contribution in [0, 0.1) is 24.0 Å². The highest BCUT2D eigenvalue weighted by Crippen LogP contribution is 2.35. The number of aromatic nitrogens is 6. The smallest absolute Gasteiger partial charge is 0.284 e. The third-order valence-electron chi connectivity index (χ3n) is 4.82. The lowest BCUT2D eigenvalue weighted by Gasteiger charge is -2.08. The Labute approximate surface area is 181 Å². The summed E-state index contributed by atoms with van der Waals surface area (Å²) in [5.41, 5.74) is 2.93. The van der Waals surface area contributed by atoms with Crippen LogP contribution < -0.4 is 0 Å². The Kier molecular flexibility index (Phi) is 5.34. The first-order valence-electron chi connectivity index (χ1n) is 9.19. The van der Waals surface area contributed by atoms with Crippen molar-refractivity contribution in [3.63, 3.8) is 0 Å². The zero-order valence-corrected chi connectivity index (χ0v) is 17.7.